The van der Waals surface area contributed by atoms with Crippen molar-refractivity contribution in [2.24, 2.45) is 0 Å². The number of nitrogens with one attached hydrogen (secondary N) is 2. The van der Waals surface area contributed by atoms with Gasteiger partial charge in [0.1, 0.15) is 11.6 Å². The molecule has 12 heteroatoms. The van der Waals surface area contributed by atoms with Crippen molar-refractivity contribution in [3.63, 3.8) is 0 Å². The number of ether oxygens (including phenoxy) is 2. The van der Waals surface area contributed by atoms with E-state index in [2.05, 4.69) is 20.6 Å². The highest BCUT2D eigenvalue weighted by Gasteiger charge is 2.35. The van der Waals surface area contributed by atoms with E-state index in [4.69, 9.17) is 9.47 Å². The average molecular weight is 536 g/mol. The lowest BCUT2D eigenvalue weighted by molar-refractivity contribution is -0.154. The predicted molar refractivity (Wildman–Crippen MR) is 133 cm³/mol. The molecule has 2 heterocycles. The number of methoxy groups -OCH3 is 1. The Bertz CT molecular complexity index is 1220. The third-order valence-corrected chi connectivity index (χ3v) is 6.21. The van der Waals surface area contributed by atoms with Crippen molar-refractivity contribution in [1.29, 1.82) is 0 Å². The normalized spacial score (nSPS) is 17.9. The molecule has 0 bridgehead atoms. The second-order valence-electron chi connectivity index (χ2n) is 9.13. The highest BCUT2D eigenvalue weighted by atomic mass is 19.4. The number of halogens is 4. The van der Waals surface area contributed by atoms with Crippen LogP contribution in [0.1, 0.15) is 17.0 Å². The van der Waals surface area contributed by atoms with Crippen LogP contribution in [-0.4, -0.2) is 72.9 Å². The lowest BCUT2D eigenvalue weighted by atomic mass is 9.94. The lowest BCUT2D eigenvalue weighted by Crippen LogP contribution is -2.42. The molecule has 2 amide bonds. The summed E-state index contributed by atoms with van der Waals surface area (Å²) in [6, 6.07) is 13.6. The van der Waals surface area contributed by atoms with Crippen LogP contribution in [0.5, 0.6) is 5.88 Å². The molecule has 1 aromatic heterocycles. The van der Waals surface area contributed by atoms with E-state index in [0.29, 0.717) is 31.9 Å². The molecule has 2 N–H and O–H groups in total. The van der Waals surface area contributed by atoms with Crippen LogP contribution in [0.2, 0.25) is 0 Å². The summed E-state index contributed by atoms with van der Waals surface area (Å²) in [5, 5.41) is 9.76. The Morgan fingerprint density at radius 3 is 2.47 bits per heavy atom. The third-order valence-electron chi connectivity index (χ3n) is 6.21. The first-order chi connectivity index (χ1) is 18.1. The van der Waals surface area contributed by atoms with Crippen molar-refractivity contribution in [3.05, 3.63) is 71.5 Å². The molecule has 8 nitrogen and oxygen atoms in total. The molecule has 38 heavy (non-hydrogen) atoms. The van der Waals surface area contributed by atoms with Crippen LogP contribution in [0.25, 0.3) is 5.69 Å². The summed E-state index contributed by atoms with van der Waals surface area (Å²) in [7, 11) is 1.61. The number of carbonyl (C=O) groups excluding carboxylic acids is 1. The number of amides is 2. The molecule has 1 aliphatic heterocycles. The Balaban J connectivity index is 1.53. The average Bonchev–Trinajstić information content (AvgIpc) is 3.46. The smallest absolute Gasteiger partial charge is 0.422 e. The SMILES string of the molecule is COCCN1C[C@@H](NC(=O)Nc2cc(OCC(F)(F)F)nn2-c2ccc(C)cc2)[C@H](c2ccc(F)cc2)C1. The minimum atomic E-state index is -4.54. The van der Waals surface area contributed by atoms with Crippen molar-refractivity contribution >= 4 is 11.8 Å². The fourth-order valence-corrected chi connectivity index (χ4v) is 4.36. The van der Waals surface area contributed by atoms with Crippen LogP contribution in [0.3, 0.4) is 0 Å². The summed E-state index contributed by atoms with van der Waals surface area (Å²) in [5.74, 6) is -0.603. The molecule has 1 aliphatic rings. The minimum absolute atomic E-state index is 0.106. The van der Waals surface area contributed by atoms with Gasteiger partial charge in [0.2, 0.25) is 5.88 Å². The molecule has 0 aliphatic carbocycles. The maximum Gasteiger partial charge on any atom is 0.422 e. The van der Waals surface area contributed by atoms with Gasteiger partial charge in [0.05, 0.1) is 18.3 Å². The summed E-state index contributed by atoms with van der Waals surface area (Å²) >= 11 is 0. The fraction of sp³-hybridized carbons (Fsp3) is 0.385. The van der Waals surface area contributed by atoms with E-state index in [1.54, 1.807) is 31.4 Å². The standard InChI is InChI=1S/C26H29F4N5O3/c1-17-3-9-20(10-4-17)35-23(13-24(33-35)38-16-26(28,29)30)32-25(36)31-22-15-34(11-12-37-2)14-21(22)18-5-7-19(27)8-6-18/h3-10,13,21-22H,11-12,14-16H2,1-2H3,(H2,31,32,36)/t21-,22+/m0/s1. The summed E-state index contributed by atoms with van der Waals surface area (Å²) < 4.78 is 62.9. The van der Waals surface area contributed by atoms with Gasteiger partial charge in [0.25, 0.3) is 0 Å². The van der Waals surface area contributed by atoms with E-state index in [9.17, 15) is 22.4 Å². The molecule has 0 unspecified atom stereocenters. The third kappa shape index (κ3) is 7.23. The van der Waals surface area contributed by atoms with Crippen LogP contribution >= 0.6 is 0 Å². The lowest BCUT2D eigenvalue weighted by Gasteiger charge is -2.21. The first kappa shape index (κ1) is 27.4. The van der Waals surface area contributed by atoms with Crippen molar-refractivity contribution < 1.29 is 31.8 Å². The molecular weight excluding hydrogens is 506 g/mol. The van der Waals surface area contributed by atoms with Crippen LogP contribution < -0.4 is 15.4 Å². The molecule has 1 fully saturated rings. The van der Waals surface area contributed by atoms with Gasteiger partial charge >= 0.3 is 12.2 Å². The summed E-state index contributed by atoms with van der Waals surface area (Å²) in [5.41, 5.74) is 2.39. The second-order valence-corrected chi connectivity index (χ2v) is 9.13. The molecule has 4 rings (SSSR count). The number of aryl methyl sites for hydroxylation is 1. The van der Waals surface area contributed by atoms with Gasteiger partial charge in [0, 0.05) is 38.7 Å². The van der Waals surface area contributed by atoms with Crippen LogP contribution in [-0.2, 0) is 4.74 Å². The van der Waals surface area contributed by atoms with Crippen LogP contribution in [0.15, 0.2) is 54.6 Å². The minimum Gasteiger partial charge on any atom is -0.467 e. The Hall–Kier alpha value is -3.64. The Kier molecular flexibility index (Phi) is 8.52. The van der Waals surface area contributed by atoms with Gasteiger partial charge in [0.15, 0.2) is 6.61 Å². The number of urea groups is 1. The molecule has 3 aromatic rings. The van der Waals surface area contributed by atoms with E-state index in [-0.39, 0.29) is 29.5 Å². The summed E-state index contributed by atoms with van der Waals surface area (Å²) in [6.45, 7) is 2.74. The van der Waals surface area contributed by atoms with Gasteiger partial charge in [-0.3, -0.25) is 10.2 Å². The molecule has 0 saturated carbocycles. The molecule has 204 valence electrons. The van der Waals surface area contributed by atoms with E-state index < -0.39 is 18.8 Å². The zero-order chi connectivity index (χ0) is 27.3. The van der Waals surface area contributed by atoms with Gasteiger partial charge in [-0.05, 0) is 36.8 Å². The molecule has 0 spiro atoms. The second kappa shape index (κ2) is 11.8. The van der Waals surface area contributed by atoms with Crippen LogP contribution in [0, 0.1) is 12.7 Å². The Labute approximate surface area is 217 Å². The monoisotopic (exact) mass is 535 g/mol. The molecular formula is C26H29F4N5O3. The number of anilines is 1. The van der Waals surface area contributed by atoms with Crippen LogP contribution in [0.4, 0.5) is 28.2 Å². The number of hydrogen-bond donors (Lipinski definition) is 2. The number of rotatable bonds is 9. The fourth-order valence-electron chi connectivity index (χ4n) is 4.36. The zero-order valence-corrected chi connectivity index (χ0v) is 21.0. The molecule has 1 saturated heterocycles. The zero-order valence-electron chi connectivity index (χ0n) is 21.0. The van der Waals surface area contributed by atoms with E-state index in [1.807, 2.05) is 19.1 Å². The summed E-state index contributed by atoms with van der Waals surface area (Å²) in [6.07, 6.45) is -4.54. The number of carbonyl (C=O) groups is 1. The number of aromatic nitrogens is 2. The maximum atomic E-state index is 13.5. The van der Waals surface area contributed by atoms with Crippen molar-refractivity contribution in [3.8, 4) is 11.6 Å². The summed E-state index contributed by atoms with van der Waals surface area (Å²) in [4.78, 5) is 15.2. The molecule has 0 radical (unpaired) electrons. The van der Waals surface area contributed by atoms with Crippen molar-refractivity contribution in [2.75, 3.05) is 45.3 Å². The van der Waals surface area contributed by atoms with Gasteiger partial charge < -0.3 is 14.8 Å². The molecule has 2 atom stereocenters. The quantitative estimate of drug-likeness (QED) is 0.395. The number of likely N-dealkylation sites (tertiary alicyclic amines) is 1. The Morgan fingerprint density at radius 1 is 1.11 bits per heavy atom. The van der Waals surface area contributed by atoms with Gasteiger partial charge in [-0.25, -0.2) is 13.9 Å². The first-order valence-electron chi connectivity index (χ1n) is 12.0. The largest absolute Gasteiger partial charge is 0.467 e. The van der Waals surface area contributed by atoms with Gasteiger partial charge in [-0.1, -0.05) is 29.8 Å². The van der Waals surface area contributed by atoms with E-state index >= 15 is 0 Å². The van der Waals surface area contributed by atoms with Crippen molar-refractivity contribution in [2.45, 2.75) is 25.1 Å². The number of alkyl halides is 3. The van der Waals surface area contributed by atoms with E-state index in [1.165, 1.54) is 22.9 Å². The maximum absolute atomic E-state index is 13.5. The predicted octanol–water partition coefficient (Wildman–Crippen LogP) is 4.50. The highest BCUT2D eigenvalue weighted by molar-refractivity contribution is 5.89. The van der Waals surface area contributed by atoms with Crippen molar-refractivity contribution in [1.82, 2.24) is 20.0 Å². The molecule has 2 aromatic carbocycles. The highest BCUT2D eigenvalue weighted by Crippen LogP contribution is 2.29. The van der Waals surface area contributed by atoms with Gasteiger partial charge in [-0.15, -0.1) is 5.10 Å². The van der Waals surface area contributed by atoms with E-state index in [0.717, 1.165) is 11.1 Å². The number of nitrogens with zero attached hydrogens (tertiary/aromatic N) is 3. The number of benzene rings is 2. The topological polar surface area (TPSA) is 80.7 Å². The van der Waals surface area contributed by atoms with Gasteiger partial charge in [-0.2, -0.15) is 13.2 Å². The number of hydrogen-bond acceptors (Lipinski definition) is 5. The Morgan fingerprint density at radius 2 is 1.82 bits per heavy atom. The first-order valence-corrected chi connectivity index (χ1v) is 12.0.